The van der Waals surface area contributed by atoms with Crippen LogP contribution in [0.5, 0.6) is 11.5 Å². The molecule has 0 saturated heterocycles. The van der Waals surface area contributed by atoms with Crippen molar-refractivity contribution in [2.75, 3.05) is 20.2 Å². The predicted octanol–water partition coefficient (Wildman–Crippen LogP) is 8.19. The smallest absolute Gasteiger partial charge is 0.330 e. The first-order chi connectivity index (χ1) is 22.9. The largest absolute Gasteiger partial charge is 0.463 e. The summed E-state index contributed by atoms with van der Waals surface area (Å²) in [5.41, 5.74) is 2.38. The highest BCUT2D eigenvalue weighted by molar-refractivity contribution is 14.1. The molecule has 0 bridgehead atoms. The Morgan fingerprint density at radius 2 is 1.96 bits per heavy atom. The van der Waals surface area contributed by atoms with Gasteiger partial charge in [0.1, 0.15) is 11.4 Å². The predicted molar refractivity (Wildman–Crippen MR) is 195 cm³/mol. The number of aromatic nitrogens is 5. The number of pyridine rings is 1. The van der Waals surface area contributed by atoms with E-state index in [9.17, 15) is 4.79 Å². The van der Waals surface area contributed by atoms with Gasteiger partial charge in [-0.25, -0.2) is 18.9 Å². The minimum absolute atomic E-state index is 0.0223. The van der Waals surface area contributed by atoms with E-state index in [0.29, 0.717) is 39.6 Å². The summed E-state index contributed by atoms with van der Waals surface area (Å²) in [5.74, 6) is 0.490. The fraction of sp³-hybridized carbons (Fsp3) is 0.351. The molecule has 0 aliphatic heterocycles. The first-order valence-electron chi connectivity index (χ1n) is 16.0. The molecule has 0 saturated carbocycles. The number of nitrogens with one attached hydrogen (secondary N) is 2. The van der Waals surface area contributed by atoms with Crippen LogP contribution >= 0.6 is 22.6 Å². The van der Waals surface area contributed by atoms with Crippen LogP contribution in [0.3, 0.4) is 0 Å². The molecule has 0 aliphatic carbocycles. The van der Waals surface area contributed by atoms with Crippen LogP contribution in [-0.4, -0.2) is 50.9 Å². The number of carbonyl (C=O) groups excluding carboxylic acids is 1. The summed E-state index contributed by atoms with van der Waals surface area (Å²) in [6.45, 7) is 9.68. The number of aryl methyl sites for hydroxylation is 1. The maximum atomic E-state index is 15.5. The minimum Gasteiger partial charge on any atom is -0.463 e. The van der Waals surface area contributed by atoms with Crippen LogP contribution in [0.15, 0.2) is 67.0 Å². The lowest BCUT2D eigenvalue weighted by molar-refractivity contribution is -0.137. The van der Waals surface area contributed by atoms with Crippen LogP contribution in [0.25, 0.3) is 28.5 Å². The summed E-state index contributed by atoms with van der Waals surface area (Å²) in [7, 11) is 3.84. The van der Waals surface area contributed by atoms with Crippen molar-refractivity contribution in [1.29, 1.82) is 0 Å². The Morgan fingerprint density at radius 3 is 2.71 bits per heavy atom. The molecule has 0 radical (unpaired) electrons. The van der Waals surface area contributed by atoms with Crippen LogP contribution in [0.4, 0.5) is 4.39 Å². The van der Waals surface area contributed by atoms with Gasteiger partial charge in [-0.1, -0.05) is 32.4 Å². The average Bonchev–Trinajstić information content (AvgIpc) is 3.67. The second kappa shape index (κ2) is 15.0. The molecule has 0 amide bonds. The van der Waals surface area contributed by atoms with Gasteiger partial charge in [0.05, 0.1) is 12.0 Å². The molecule has 252 valence electrons. The van der Waals surface area contributed by atoms with E-state index in [1.807, 2.05) is 14.1 Å². The Labute approximate surface area is 294 Å². The van der Waals surface area contributed by atoms with Gasteiger partial charge < -0.3 is 19.8 Å². The van der Waals surface area contributed by atoms with Crippen molar-refractivity contribution in [3.63, 3.8) is 0 Å². The zero-order valence-corrected chi connectivity index (χ0v) is 30.4. The van der Waals surface area contributed by atoms with Crippen molar-refractivity contribution >= 4 is 45.5 Å². The van der Waals surface area contributed by atoms with Crippen molar-refractivity contribution in [3.8, 4) is 23.0 Å². The van der Waals surface area contributed by atoms with Crippen LogP contribution < -0.4 is 10.1 Å². The molecule has 2 N–H and O–H groups in total. The number of esters is 1. The molecule has 2 aromatic carbocycles. The summed E-state index contributed by atoms with van der Waals surface area (Å²) in [4.78, 5) is 24.8. The van der Waals surface area contributed by atoms with Gasteiger partial charge in [-0.2, -0.15) is 5.10 Å². The Kier molecular flexibility index (Phi) is 11.0. The van der Waals surface area contributed by atoms with E-state index in [1.54, 1.807) is 42.2 Å². The summed E-state index contributed by atoms with van der Waals surface area (Å²) < 4.78 is 29.6. The van der Waals surface area contributed by atoms with Crippen molar-refractivity contribution < 1.29 is 18.7 Å². The lowest BCUT2D eigenvalue weighted by atomic mass is 9.75. The number of H-pyrrole nitrogens is 1. The highest BCUT2D eigenvalue weighted by Crippen LogP contribution is 2.39. The maximum absolute atomic E-state index is 15.5. The minimum atomic E-state index is -0.584. The van der Waals surface area contributed by atoms with Gasteiger partial charge in [0, 0.05) is 57.7 Å². The molecular weight excluding hydrogens is 722 g/mol. The van der Waals surface area contributed by atoms with Crippen molar-refractivity contribution in [3.05, 3.63) is 93.3 Å². The van der Waals surface area contributed by atoms with Gasteiger partial charge >= 0.3 is 5.97 Å². The number of carbonyl (C=O) groups is 1. The quantitative estimate of drug-likeness (QED) is 0.0668. The fourth-order valence-corrected chi connectivity index (χ4v) is 6.59. The lowest BCUT2D eigenvalue weighted by Gasteiger charge is -2.30. The summed E-state index contributed by atoms with van der Waals surface area (Å²) in [6, 6.07) is 15.1. The zero-order chi connectivity index (χ0) is 34.5. The fourth-order valence-electron chi connectivity index (χ4n) is 6.05. The lowest BCUT2D eigenvalue weighted by Crippen LogP contribution is -2.29. The second-order valence-corrected chi connectivity index (χ2v) is 14.1. The third-order valence-electron chi connectivity index (χ3n) is 8.56. The molecule has 1 atom stereocenters. The van der Waals surface area contributed by atoms with E-state index in [0.717, 1.165) is 34.9 Å². The van der Waals surface area contributed by atoms with E-state index < -0.39 is 17.2 Å². The molecule has 11 heteroatoms. The normalized spacial score (nSPS) is 13.2. The van der Waals surface area contributed by atoms with Gasteiger partial charge in [0.15, 0.2) is 23.2 Å². The van der Waals surface area contributed by atoms with E-state index >= 15 is 4.39 Å². The first-order valence-corrected chi connectivity index (χ1v) is 17.1. The van der Waals surface area contributed by atoms with Gasteiger partial charge in [-0.05, 0) is 104 Å². The molecule has 48 heavy (non-hydrogen) atoms. The first kappa shape index (κ1) is 35.2. The van der Waals surface area contributed by atoms with Crippen LogP contribution in [0.2, 0.25) is 0 Å². The van der Waals surface area contributed by atoms with E-state index in [2.05, 4.69) is 82.9 Å². The molecule has 3 aromatic heterocycles. The summed E-state index contributed by atoms with van der Waals surface area (Å²) in [5, 5.41) is 8.95. The SMILES string of the molecule is CCOC(=O)/C=C/c1c(Oc2ccnc(-c3nc([C@](C)(CCCC(C)(C)CNC)c4cccc(I)c4)nn3C)c2)c(F)cc2[nH]ccc12. The van der Waals surface area contributed by atoms with Gasteiger partial charge in [0.25, 0.3) is 0 Å². The number of aromatic amines is 1. The van der Waals surface area contributed by atoms with Crippen molar-refractivity contribution in [2.24, 2.45) is 12.5 Å². The molecule has 0 unspecified atom stereocenters. The number of benzene rings is 2. The molecule has 0 aliphatic rings. The number of ether oxygens (including phenoxy) is 2. The highest BCUT2D eigenvalue weighted by Gasteiger charge is 2.35. The standard InChI is InChI=1S/C37H42FIN6O3/c1-7-47-32(46)13-12-28-27-15-19-41-30(27)22-29(38)33(28)48-26-14-18-42-31(21-26)34-43-35(44-45(34)6)37(4,24-10-8-11-25(39)20-24)17-9-16-36(2,3)23-40-5/h8,10-15,18-22,40-41H,7,9,16-17,23H2,1-6H3/b13-12+/t37-/m1/s1. The molecular formula is C37H42FIN6O3. The molecule has 3 heterocycles. The number of nitrogens with zero attached hydrogens (tertiary/aromatic N) is 4. The molecule has 0 spiro atoms. The van der Waals surface area contributed by atoms with E-state index in [1.165, 1.54) is 18.2 Å². The summed E-state index contributed by atoms with van der Waals surface area (Å²) in [6.07, 6.45) is 9.00. The number of fused-ring (bicyclic) bond motifs is 1. The number of rotatable bonds is 14. The molecule has 5 aromatic rings. The molecule has 0 fully saturated rings. The topological polar surface area (TPSA) is 107 Å². The molecule has 9 nitrogen and oxygen atoms in total. The average molecular weight is 765 g/mol. The van der Waals surface area contributed by atoms with Crippen LogP contribution in [-0.2, 0) is 22.0 Å². The van der Waals surface area contributed by atoms with Gasteiger partial charge in [-0.3, -0.25) is 4.98 Å². The van der Waals surface area contributed by atoms with Crippen molar-refractivity contribution in [1.82, 2.24) is 30.0 Å². The Morgan fingerprint density at radius 1 is 1.15 bits per heavy atom. The zero-order valence-electron chi connectivity index (χ0n) is 28.2. The molecule has 5 rings (SSSR count). The third kappa shape index (κ3) is 7.95. The number of hydrogen-bond acceptors (Lipinski definition) is 7. The number of halogens is 2. The number of hydrogen-bond donors (Lipinski definition) is 2. The Balaban J connectivity index is 1.49. The van der Waals surface area contributed by atoms with E-state index in [4.69, 9.17) is 19.6 Å². The van der Waals surface area contributed by atoms with E-state index in [-0.39, 0.29) is 17.8 Å². The Hall–Kier alpha value is -4.10. The monoisotopic (exact) mass is 764 g/mol. The van der Waals surface area contributed by atoms with Gasteiger partial charge in [0.2, 0.25) is 0 Å². The Bertz CT molecular complexity index is 1930. The second-order valence-electron chi connectivity index (χ2n) is 12.9. The van der Waals surface area contributed by atoms with Crippen LogP contribution in [0, 0.1) is 14.8 Å². The summed E-state index contributed by atoms with van der Waals surface area (Å²) >= 11 is 2.35. The third-order valence-corrected chi connectivity index (χ3v) is 9.23. The maximum Gasteiger partial charge on any atom is 0.330 e. The highest BCUT2D eigenvalue weighted by atomic mass is 127. The van der Waals surface area contributed by atoms with Crippen LogP contribution in [0.1, 0.15) is 63.9 Å². The van der Waals surface area contributed by atoms with Crippen molar-refractivity contribution in [2.45, 2.75) is 52.4 Å². The van der Waals surface area contributed by atoms with Gasteiger partial charge in [-0.15, -0.1) is 0 Å².